The van der Waals surface area contributed by atoms with Gasteiger partial charge in [0, 0.05) is 35.9 Å². The molecule has 0 N–H and O–H groups in total. The second kappa shape index (κ2) is 7.80. The van der Waals surface area contributed by atoms with Crippen LogP contribution in [0, 0.1) is 0 Å². The number of rotatable bonds is 6. The molecule has 22 heavy (non-hydrogen) atoms. The lowest BCUT2D eigenvalue weighted by Crippen LogP contribution is -2.28. The van der Waals surface area contributed by atoms with Crippen LogP contribution in [0.4, 0.5) is 5.82 Å². The van der Waals surface area contributed by atoms with E-state index in [-0.39, 0.29) is 0 Å². The molecule has 0 amide bonds. The number of anilines is 1. The molecule has 1 aliphatic heterocycles. The summed E-state index contributed by atoms with van der Waals surface area (Å²) in [5.41, 5.74) is 0. The Morgan fingerprint density at radius 3 is 1.86 bits per heavy atom. The second-order valence-electron chi connectivity index (χ2n) is 6.71. The topological polar surface area (TPSA) is 8.17 Å². The van der Waals surface area contributed by atoms with Crippen molar-refractivity contribution >= 4 is 41.1 Å². The summed E-state index contributed by atoms with van der Waals surface area (Å²) in [7, 11) is 2.25. The molecule has 0 bridgehead atoms. The number of fused-ring (bicyclic) bond motifs is 1. The van der Waals surface area contributed by atoms with Crippen molar-refractivity contribution in [2.24, 2.45) is 0 Å². The molecule has 0 aromatic carbocycles. The van der Waals surface area contributed by atoms with E-state index >= 15 is 0 Å². The first-order valence-corrected chi connectivity index (χ1v) is 10.9. The third-order valence-corrected chi connectivity index (χ3v) is 6.97. The maximum atomic E-state index is 2.59. The van der Waals surface area contributed by atoms with E-state index < -0.39 is 0 Å². The van der Waals surface area contributed by atoms with Crippen LogP contribution in [0.1, 0.15) is 48.0 Å². The molecule has 2 rings (SSSR count). The lowest BCUT2D eigenvalue weighted by atomic mass is 10.3. The minimum absolute atomic E-state index is 0.617. The van der Waals surface area contributed by atoms with Gasteiger partial charge in [0.05, 0.1) is 14.8 Å². The second-order valence-corrected chi connectivity index (χ2v) is 11.5. The van der Waals surface area contributed by atoms with Crippen LogP contribution in [0.5, 0.6) is 0 Å². The van der Waals surface area contributed by atoms with Crippen molar-refractivity contribution in [2.75, 3.05) is 18.5 Å². The Bertz CT molecular complexity index is 506. The average molecular weight is 359 g/mol. The Morgan fingerprint density at radius 2 is 1.32 bits per heavy atom. The predicted molar refractivity (Wildman–Crippen MR) is 105 cm³/mol. The van der Waals surface area contributed by atoms with Gasteiger partial charge in [-0.2, -0.15) is 0 Å². The SMILES string of the molecule is CC(C)Sc1c(SC(C)C)c2n(c1SC(C)C)CCCN2C. The summed E-state index contributed by atoms with van der Waals surface area (Å²) in [6.07, 6.45) is 1.25. The normalized spacial score (nSPS) is 15.3. The van der Waals surface area contributed by atoms with E-state index in [0.717, 1.165) is 0 Å². The first kappa shape index (κ1) is 18.5. The molecule has 0 radical (unpaired) electrons. The molecule has 2 heterocycles. The number of hydrogen-bond acceptors (Lipinski definition) is 4. The lowest BCUT2D eigenvalue weighted by molar-refractivity contribution is 0.549. The van der Waals surface area contributed by atoms with E-state index in [2.05, 4.69) is 58.1 Å². The highest BCUT2D eigenvalue weighted by molar-refractivity contribution is 8.04. The average Bonchev–Trinajstić information content (AvgIpc) is 2.64. The molecule has 1 aromatic heterocycles. The highest BCUT2D eigenvalue weighted by atomic mass is 32.2. The molecule has 0 unspecified atom stereocenters. The molecule has 5 heteroatoms. The van der Waals surface area contributed by atoms with E-state index in [1.165, 1.54) is 40.1 Å². The molecule has 0 aliphatic carbocycles. The maximum Gasteiger partial charge on any atom is 0.124 e. The minimum Gasteiger partial charge on any atom is -0.360 e. The van der Waals surface area contributed by atoms with Crippen LogP contribution in [0.25, 0.3) is 0 Å². The third-order valence-electron chi connectivity index (χ3n) is 3.40. The van der Waals surface area contributed by atoms with Crippen molar-refractivity contribution < 1.29 is 0 Å². The molecular formula is C17H30N2S3. The van der Waals surface area contributed by atoms with Crippen molar-refractivity contribution in [1.29, 1.82) is 0 Å². The highest BCUT2D eigenvalue weighted by Gasteiger charge is 2.29. The van der Waals surface area contributed by atoms with Gasteiger partial charge < -0.3 is 9.47 Å². The molecular weight excluding hydrogens is 328 g/mol. The van der Waals surface area contributed by atoms with Crippen LogP contribution in [0.15, 0.2) is 14.8 Å². The zero-order valence-corrected chi connectivity index (χ0v) is 17.4. The first-order valence-electron chi connectivity index (χ1n) is 8.28. The summed E-state index contributed by atoms with van der Waals surface area (Å²) in [6.45, 7) is 16.2. The fraction of sp³-hybridized carbons (Fsp3) is 0.765. The lowest BCUT2D eigenvalue weighted by Gasteiger charge is -2.29. The summed E-state index contributed by atoms with van der Waals surface area (Å²) in [6, 6.07) is 0. The largest absolute Gasteiger partial charge is 0.360 e. The van der Waals surface area contributed by atoms with Gasteiger partial charge in [0.1, 0.15) is 5.82 Å². The summed E-state index contributed by atoms with van der Waals surface area (Å²) >= 11 is 6.11. The zero-order chi connectivity index (χ0) is 16.4. The Morgan fingerprint density at radius 1 is 0.773 bits per heavy atom. The zero-order valence-electron chi connectivity index (χ0n) is 15.0. The van der Waals surface area contributed by atoms with Gasteiger partial charge in [-0.25, -0.2) is 0 Å². The van der Waals surface area contributed by atoms with E-state index in [1.54, 1.807) is 0 Å². The minimum atomic E-state index is 0.617. The molecule has 0 spiro atoms. The van der Waals surface area contributed by atoms with Gasteiger partial charge in [-0.15, -0.1) is 35.3 Å². The molecule has 0 saturated heterocycles. The van der Waals surface area contributed by atoms with Gasteiger partial charge in [0.25, 0.3) is 0 Å². The fourth-order valence-corrected chi connectivity index (χ4v) is 6.25. The van der Waals surface area contributed by atoms with Gasteiger partial charge in [0.15, 0.2) is 0 Å². The Hall–Kier alpha value is 0.130. The Labute approximate surface area is 149 Å². The summed E-state index contributed by atoms with van der Waals surface area (Å²) in [5.74, 6) is 1.45. The molecule has 0 saturated carbocycles. The third kappa shape index (κ3) is 4.15. The highest BCUT2D eigenvalue weighted by Crippen LogP contribution is 2.50. The molecule has 0 atom stereocenters. The van der Waals surface area contributed by atoms with Crippen molar-refractivity contribution in [2.45, 2.75) is 85.1 Å². The Balaban J connectivity index is 2.58. The van der Waals surface area contributed by atoms with Crippen molar-refractivity contribution in [1.82, 2.24) is 4.57 Å². The van der Waals surface area contributed by atoms with E-state index in [4.69, 9.17) is 0 Å². The summed E-state index contributed by atoms with van der Waals surface area (Å²) < 4.78 is 2.59. The van der Waals surface area contributed by atoms with Gasteiger partial charge in [-0.3, -0.25) is 0 Å². The van der Waals surface area contributed by atoms with E-state index in [0.29, 0.717) is 15.7 Å². The maximum absolute atomic E-state index is 2.59. The van der Waals surface area contributed by atoms with Crippen LogP contribution in [0.2, 0.25) is 0 Å². The molecule has 126 valence electrons. The summed E-state index contributed by atoms with van der Waals surface area (Å²) in [5, 5.41) is 3.35. The van der Waals surface area contributed by atoms with E-state index in [9.17, 15) is 0 Å². The Kier molecular flexibility index (Phi) is 6.55. The van der Waals surface area contributed by atoms with Gasteiger partial charge >= 0.3 is 0 Å². The first-order chi connectivity index (χ1) is 10.3. The quantitative estimate of drug-likeness (QED) is 0.591. The van der Waals surface area contributed by atoms with Crippen molar-refractivity contribution in [3.8, 4) is 0 Å². The number of aromatic nitrogens is 1. The van der Waals surface area contributed by atoms with E-state index in [1.807, 2.05) is 35.3 Å². The van der Waals surface area contributed by atoms with Crippen LogP contribution in [-0.2, 0) is 6.54 Å². The van der Waals surface area contributed by atoms with Crippen LogP contribution >= 0.6 is 35.3 Å². The smallest absolute Gasteiger partial charge is 0.124 e. The van der Waals surface area contributed by atoms with Crippen LogP contribution in [-0.4, -0.2) is 33.9 Å². The molecule has 1 aromatic rings. The molecule has 1 aliphatic rings. The predicted octanol–water partition coefficient (Wildman–Crippen LogP) is 5.83. The number of hydrogen-bond donors (Lipinski definition) is 0. The van der Waals surface area contributed by atoms with Crippen molar-refractivity contribution in [3.05, 3.63) is 0 Å². The van der Waals surface area contributed by atoms with Crippen LogP contribution < -0.4 is 4.90 Å². The van der Waals surface area contributed by atoms with Crippen molar-refractivity contribution in [3.63, 3.8) is 0 Å². The standard InChI is InChI=1S/C17H30N2S3/c1-11(2)20-14-15(21-12(3)4)17(22-13(5)6)19-10-8-9-18(7)16(14)19/h11-13H,8-10H2,1-7H3. The fourth-order valence-electron chi connectivity index (χ4n) is 2.72. The number of thioether (sulfide) groups is 3. The van der Waals surface area contributed by atoms with Crippen LogP contribution in [0.3, 0.4) is 0 Å². The number of nitrogens with zero attached hydrogens (tertiary/aromatic N) is 2. The van der Waals surface area contributed by atoms with Gasteiger partial charge in [-0.05, 0) is 6.42 Å². The van der Waals surface area contributed by atoms with Gasteiger partial charge in [-0.1, -0.05) is 41.5 Å². The monoisotopic (exact) mass is 358 g/mol. The van der Waals surface area contributed by atoms with Gasteiger partial charge in [0.2, 0.25) is 0 Å². The molecule has 0 fully saturated rings. The molecule has 2 nitrogen and oxygen atoms in total. The summed E-state index contributed by atoms with van der Waals surface area (Å²) in [4.78, 5) is 5.50.